The highest BCUT2D eigenvalue weighted by Gasteiger charge is 2.19. The Hall–Kier alpha value is -2.55. The van der Waals surface area contributed by atoms with Crippen molar-refractivity contribution < 1.29 is 14.3 Å². The summed E-state index contributed by atoms with van der Waals surface area (Å²) in [7, 11) is 0. The highest BCUT2D eigenvalue weighted by Crippen LogP contribution is 2.37. The first-order valence-electron chi connectivity index (χ1n) is 6.96. The zero-order valence-electron chi connectivity index (χ0n) is 12.0. The molecule has 106 valence electrons. The van der Waals surface area contributed by atoms with Gasteiger partial charge in [0.15, 0.2) is 11.5 Å². The fourth-order valence-electron chi connectivity index (χ4n) is 2.58. The largest absolute Gasteiger partial charge is 0.507 e. The summed E-state index contributed by atoms with van der Waals surface area (Å²) in [5.74, 6) is 0.431. The summed E-state index contributed by atoms with van der Waals surface area (Å²) < 4.78 is 5.68. The van der Waals surface area contributed by atoms with E-state index in [1.54, 1.807) is 19.9 Å². The van der Waals surface area contributed by atoms with Crippen molar-refractivity contribution >= 4 is 16.8 Å². The van der Waals surface area contributed by atoms with E-state index in [-0.39, 0.29) is 11.5 Å². The SMILES string of the molecule is CCC(=O)c1oc2cc(-c3ccccc3)cc(O)c2c1C. The summed E-state index contributed by atoms with van der Waals surface area (Å²) in [6, 6.07) is 13.3. The van der Waals surface area contributed by atoms with Crippen LogP contribution in [0.3, 0.4) is 0 Å². The zero-order valence-corrected chi connectivity index (χ0v) is 12.0. The maximum Gasteiger partial charge on any atom is 0.198 e. The van der Waals surface area contributed by atoms with Crippen molar-refractivity contribution in [3.63, 3.8) is 0 Å². The van der Waals surface area contributed by atoms with Gasteiger partial charge in [0.1, 0.15) is 11.3 Å². The molecule has 0 aliphatic carbocycles. The minimum atomic E-state index is -0.0515. The van der Waals surface area contributed by atoms with Crippen LogP contribution in [0.2, 0.25) is 0 Å². The van der Waals surface area contributed by atoms with E-state index < -0.39 is 0 Å². The highest BCUT2D eigenvalue weighted by atomic mass is 16.3. The highest BCUT2D eigenvalue weighted by molar-refractivity contribution is 6.02. The van der Waals surface area contributed by atoms with Crippen LogP contribution < -0.4 is 0 Å². The Labute approximate surface area is 122 Å². The third kappa shape index (κ3) is 2.21. The molecule has 3 heteroatoms. The van der Waals surface area contributed by atoms with Crippen molar-refractivity contribution in [2.75, 3.05) is 0 Å². The van der Waals surface area contributed by atoms with Crippen LogP contribution in [0.4, 0.5) is 0 Å². The van der Waals surface area contributed by atoms with Gasteiger partial charge in [0, 0.05) is 12.0 Å². The number of phenolic OH excluding ortho intramolecular Hbond substituents is 1. The van der Waals surface area contributed by atoms with Crippen LogP contribution in [0.25, 0.3) is 22.1 Å². The van der Waals surface area contributed by atoms with E-state index >= 15 is 0 Å². The number of carbonyl (C=O) groups is 1. The van der Waals surface area contributed by atoms with E-state index in [0.29, 0.717) is 28.7 Å². The smallest absolute Gasteiger partial charge is 0.198 e. The molecule has 0 spiro atoms. The number of Topliss-reactive ketones (excluding diaryl/α,β-unsaturated/α-hetero) is 1. The van der Waals surface area contributed by atoms with Gasteiger partial charge in [-0.25, -0.2) is 0 Å². The second kappa shape index (κ2) is 5.09. The molecule has 0 aliphatic rings. The first-order valence-corrected chi connectivity index (χ1v) is 6.96. The Kier molecular flexibility index (Phi) is 3.26. The summed E-state index contributed by atoms with van der Waals surface area (Å²) in [5, 5.41) is 10.9. The molecule has 0 bridgehead atoms. The molecule has 1 heterocycles. The van der Waals surface area contributed by atoms with Gasteiger partial charge in [-0.05, 0) is 30.2 Å². The van der Waals surface area contributed by atoms with Crippen LogP contribution in [0.5, 0.6) is 5.75 Å². The van der Waals surface area contributed by atoms with E-state index in [1.165, 1.54) is 0 Å². The Morgan fingerprint density at radius 2 is 1.86 bits per heavy atom. The van der Waals surface area contributed by atoms with Crippen LogP contribution in [0, 0.1) is 6.92 Å². The molecule has 3 aromatic rings. The Morgan fingerprint density at radius 3 is 2.52 bits per heavy atom. The number of rotatable bonds is 3. The predicted molar refractivity (Wildman–Crippen MR) is 82.7 cm³/mol. The first kappa shape index (κ1) is 13.4. The fraction of sp³-hybridized carbons (Fsp3) is 0.167. The molecule has 0 unspecified atom stereocenters. The lowest BCUT2D eigenvalue weighted by atomic mass is 10.0. The number of aryl methyl sites for hydroxylation is 1. The van der Waals surface area contributed by atoms with Crippen LogP contribution in [0.15, 0.2) is 46.9 Å². The van der Waals surface area contributed by atoms with Crippen LogP contribution in [0.1, 0.15) is 29.5 Å². The van der Waals surface area contributed by atoms with E-state index in [0.717, 1.165) is 11.1 Å². The van der Waals surface area contributed by atoms with Gasteiger partial charge in [0.25, 0.3) is 0 Å². The molecule has 0 aliphatic heterocycles. The third-order valence-corrected chi connectivity index (χ3v) is 3.69. The average Bonchev–Trinajstić information content (AvgIpc) is 2.85. The first-order chi connectivity index (χ1) is 10.1. The predicted octanol–water partition coefficient (Wildman–Crippen LogP) is 4.71. The molecule has 0 fully saturated rings. The molecule has 1 aromatic heterocycles. The van der Waals surface area contributed by atoms with Crippen molar-refractivity contribution in [1.29, 1.82) is 0 Å². The number of phenols is 1. The van der Waals surface area contributed by atoms with E-state index in [9.17, 15) is 9.90 Å². The van der Waals surface area contributed by atoms with Gasteiger partial charge in [-0.3, -0.25) is 4.79 Å². The van der Waals surface area contributed by atoms with Crippen molar-refractivity contribution in [3.8, 4) is 16.9 Å². The maximum absolute atomic E-state index is 11.9. The molecular formula is C18H16O3. The van der Waals surface area contributed by atoms with Gasteiger partial charge in [-0.1, -0.05) is 37.3 Å². The number of fused-ring (bicyclic) bond motifs is 1. The quantitative estimate of drug-likeness (QED) is 0.707. The van der Waals surface area contributed by atoms with Gasteiger partial charge in [0.05, 0.1) is 5.39 Å². The number of hydrogen-bond acceptors (Lipinski definition) is 3. The fourth-order valence-corrected chi connectivity index (χ4v) is 2.58. The van der Waals surface area contributed by atoms with Gasteiger partial charge in [-0.15, -0.1) is 0 Å². The molecule has 2 aromatic carbocycles. The van der Waals surface area contributed by atoms with Crippen LogP contribution >= 0.6 is 0 Å². The number of ketones is 1. The topological polar surface area (TPSA) is 50.4 Å². The molecule has 21 heavy (non-hydrogen) atoms. The second-order valence-electron chi connectivity index (χ2n) is 5.07. The molecule has 3 nitrogen and oxygen atoms in total. The molecule has 0 radical (unpaired) electrons. The maximum atomic E-state index is 11.9. The minimum absolute atomic E-state index is 0.0515. The molecule has 0 saturated carbocycles. The Bertz CT molecular complexity index is 813. The summed E-state index contributed by atoms with van der Waals surface area (Å²) in [6.45, 7) is 3.60. The summed E-state index contributed by atoms with van der Waals surface area (Å²) in [6.07, 6.45) is 0.382. The van der Waals surface area contributed by atoms with Gasteiger partial charge >= 0.3 is 0 Å². The van der Waals surface area contributed by atoms with Gasteiger partial charge in [-0.2, -0.15) is 0 Å². The monoisotopic (exact) mass is 280 g/mol. The van der Waals surface area contributed by atoms with Crippen molar-refractivity contribution in [3.05, 3.63) is 53.8 Å². The third-order valence-electron chi connectivity index (χ3n) is 3.69. The Balaban J connectivity index is 2.23. The molecule has 0 amide bonds. The lowest BCUT2D eigenvalue weighted by Gasteiger charge is -2.03. The van der Waals surface area contributed by atoms with E-state index in [1.807, 2.05) is 36.4 Å². The Morgan fingerprint density at radius 1 is 1.14 bits per heavy atom. The number of hydrogen-bond donors (Lipinski definition) is 1. The lowest BCUT2D eigenvalue weighted by Crippen LogP contribution is -1.95. The molecule has 0 saturated heterocycles. The molecule has 1 N–H and O–H groups in total. The summed E-state index contributed by atoms with van der Waals surface area (Å²) in [5.41, 5.74) is 3.11. The van der Waals surface area contributed by atoms with Crippen LogP contribution in [-0.4, -0.2) is 10.9 Å². The van der Waals surface area contributed by atoms with Crippen LogP contribution in [-0.2, 0) is 0 Å². The number of aromatic hydroxyl groups is 1. The van der Waals surface area contributed by atoms with Gasteiger partial charge < -0.3 is 9.52 Å². The standard InChI is InChI=1S/C18H16O3/c1-3-14(19)18-11(2)17-15(20)9-13(10-16(17)21-18)12-7-5-4-6-8-12/h4-10,20H,3H2,1-2H3. The number of furan rings is 1. The molecule has 0 atom stereocenters. The molecule has 3 rings (SSSR count). The summed E-state index contributed by atoms with van der Waals surface area (Å²) in [4.78, 5) is 11.9. The summed E-state index contributed by atoms with van der Waals surface area (Å²) >= 11 is 0. The van der Waals surface area contributed by atoms with Gasteiger partial charge in [0.2, 0.25) is 0 Å². The van der Waals surface area contributed by atoms with E-state index in [2.05, 4.69) is 0 Å². The van der Waals surface area contributed by atoms with Crippen molar-refractivity contribution in [2.24, 2.45) is 0 Å². The van der Waals surface area contributed by atoms with Crippen molar-refractivity contribution in [1.82, 2.24) is 0 Å². The number of carbonyl (C=O) groups excluding carboxylic acids is 1. The zero-order chi connectivity index (χ0) is 15.0. The lowest BCUT2D eigenvalue weighted by molar-refractivity contribution is 0.0963. The molecular weight excluding hydrogens is 264 g/mol. The minimum Gasteiger partial charge on any atom is -0.507 e. The van der Waals surface area contributed by atoms with E-state index in [4.69, 9.17) is 4.42 Å². The van der Waals surface area contributed by atoms with Crippen molar-refractivity contribution in [2.45, 2.75) is 20.3 Å². The second-order valence-corrected chi connectivity index (χ2v) is 5.07. The number of benzene rings is 2. The normalized spacial score (nSPS) is 11.0. The average molecular weight is 280 g/mol.